The van der Waals surface area contributed by atoms with Crippen molar-refractivity contribution in [1.82, 2.24) is 0 Å². The molecule has 82 valence electrons. The van der Waals surface area contributed by atoms with E-state index in [0.717, 1.165) is 5.56 Å². The van der Waals surface area contributed by atoms with Crippen LogP contribution in [0.5, 0.6) is 0 Å². The Kier molecular flexibility index (Phi) is 3.87. The first-order valence-corrected chi connectivity index (χ1v) is 6.45. The van der Waals surface area contributed by atoms with Gasteiger partial charge in [0.15, 0.2) is 0 Å². The number of rotatable bonds is 2. The lowest BCUT2D eigenvalue weighted by atomic mass is 10.3. The molecule has 0 saturated carbocycles. The van der Waals surface area contributed by atoms with Crippen molar-refractivity contribution in [2.75, 3.05) is 0 Å². The summed E-state index contributed by atoms with van der Waals surface area (Å²) in [7, 11) is 0. The maximum atomic E-state index is 5.99. The summed E-state index contributed by atoms with van der Waals surface area (Å²) in [5, 5.41) is 5.37. The first-order chi connectivity index (χ1) is 7.66. The molecule has 1 aromatic heterocycles. The smallest absolute Gasteiger partial charge is 0.100 e. The Balaban J connectivity index is 2.35. The molecule has 2 aromatic rings. The van der Waals surface area contributed by atoms with Crippen molar-refractivity contribution in [3.05, 3.63) is 49.6 Å². The van der Waals surface area contributed by atoms with Crippen molar-refractivity contribution in [3.8, 4) is 0 Å². The largest absolute Gasteiger partial charge is 0.253 e. The van der Waals surface area contributed by atoms with E-state index in [1.54, 1.807) is 29.7 Å². The van der Waals surface area contributed by atoms with E-state index >= 15 is 0 Å². The van der Waals surface area contributed by atoms with Gasteiger partial charge in [0.05, 0.1) is 10.0 Å². The topological polar surface area (TPSA) is 12.4 Å². The van der Waals surface area contributed by atoms with Crippen LogP contribution in [0.4, 0.5) is 5.69 Å². The third kappa shape index (κ3) is 2.77. The van der Waals surface area contributed by atoms with Gasteiger partial charge in [0.1, 0.15) is 5.69 Å². The second-order valence-corrected chi connectivity index (χ2v) is 5.06. The van der Waals surface area contributed by atoms with Crippen molar-refractivity contribution in [3.63, 3.8) is 0 Å². The maximum Gasteiger partial charge on any atom is 0.100 e. The Morgan fingerprint density at radius 1 is 1.12 bits per heavy atom. The summed E-state index contributed by atoms with van der Waals surface area (Å²) in [5.74, 6) is 0. The van der Waals surface area contributed by atoms with Gasteiger partial charge < -0.3 is 0 Å². The highest BCUT2D eigenvalue weighted by Crippen LogP contribution is 2.35. The molecule has 0 bridgehead atoms. The number of aliphatic imine (C=N–C) groups is 1. The van der Waals surface area contributed by atoms with Gasteiger partial charge >= 0.3 is 0 Å². The van der Waals surface area contributed by atoms with Gasteiger partial charge in [-0.2, -0.15) is 11.3 Å². The van der Waals surface area contributed by atoms with E-state index in [4.69, 9.17) is 34.8 Å². The molecule has 0 radical (unpaired) electrons. The van der Waals surface area contributed by atoms with Gasteiger partial charge in [-0.3, -0.25) is 4.99 Å². The van der Waals surface area contributed by atoms with Gasteiger partial charge in [0, 0.05) is 16.8 Å². The molecule has 0 saturated heterocycles. The van der Waals surface area contributed by atoms with Crippen LogP contribution < -0.4 is 0 Å². The average molecular weight is 291 g/mol. The second kappa shape index (κ2) is 5.19. The van der Waals surface area contributed by atoms with Crippen molar-refractivity contribution in [2.45, 2.75) is 0 Å². The lowest BCUT2D eigenvalue weighted by Crippen LogP contribution is -1.77. The highest BCUT2D eigenvalue weighted by molar-refractivity contribution is 7.08. The lowest BCUT2D eigenvalue weighted by molar-refractivity contribution is 1.53. The highest BCUT2D eigenvalue weighted by Gasteiger charge is 2.05. The van der Waals surface area contributed by atoms with E-state index in [1.165, 1.54) is 0 Å². The summed E-state index contributed by atoms with van der Waals surface area (Å²) in [6.45, 7) is 0. The van der Waals surface area contributed by atoms with Crippen molar-refractivity contribution in [2.24, 2.45) is 4.99 Å². The van der Waals surface area contributed by atoms with E-state index in [0.29, 0.717) is 20.8 Å². The van der Waals surface area contributed by atoms with Gasteiger partial charge in [0.25, 0.3) is 0 Å². The Morgan fingerprint density at radius 2 is 1.81 bits per heavy atom. The summed E-state index contributed by atoms with van der Waals surface area (Å²) < 4.78 is 0. The molecule has 0 unspecified atom stereocenters. The molecule has 1 nitrogen and oxygen atoms in total. The molecular weight excluding hydrogens is 285 g/mol. The predicted molar refractivity (Wildman–Crippen MR) is 73.0 cm³/mol. The number of hydrogen-bond donors (Lipinski definition) is 0. The van der Waals surface area contributed by atoms with Gasteiger partial charge in [0.2, 0.25) is 0 Å². The number of hydrogen-bond acceptors (Lipinski definition) is 2. The van der Waals surface area contributed by atoms with E-state index in [1.807, 2.05) is 16.8 Å². The van der Waals surface area contributed by atoms with Crippen LogP contribution in [0, 0.1) is 0 Å². The van der Waals surface area contributed by atoms with Crippen LogP contribution in [0.15, 0.2) is 34.0 Å². The summed E-state index contributed by atoms with van der Waals surface area (Å²) in [6, 6.07) is 5.20. The van der Waals surface area contributed by atoms with Gasteiger partial charge in [-0.05, 0) is 29.0 Å². The van der Waals surface area contributed by atoms with Crippen molar-refractivity contribution < 1.29 is 0 Å². The van der Waals surface area contributed by atoms with E-state index in [9.17, 15) is 0 Å². The van der Waals surface area contributed by atoms with Gasteiger partial charge in [-0.1, -0.05) is 34.8 Å². The molecule has 0 aliphatic rings. The Morgan fingerprint density at radius 3 is 2.38 bits per heavy atom. The summed E-state index contributed by atoms with van der Waals surface area (Å²) >= 11 is 19.4. The maximum absolute atomic E-state index is 5.99. The van der Waals surface area contributed by atoms with E-state index in [-0.39, 0.29) is 0 Å². The lowest BCUT2D eigenvalue weighted by Gasteiger charge is -2.01. The van der Waals surface area contributed by atoms with Crippen LogP contribution in [0.3, 0.4) is 0 Å². The number of halogens is 3. The first-order valence-electron chi connectivity index (χ1n) is 4.37. The fraction of sp³-hybridized carbons (Fsp3) is 0. The average Bonchev–Trinajstić information content (AvgIpc) is 2.68. The minimum atomic E-state index is 0.448. The minimum absolute atomic E-state index is 0.448. The van der Waals surface area contributed by atoms with Gasteiger partial charge in [-0.15, -0.1) is 0 Å². The third-order valence-electron chi connectivity index (χ3n) is 1.87. The van der Waals surface area contributed by atoms with Crippen molar-refractivity contribution >= 4 is 58.0 Å². The normalized spacial score (nSPS) is 11.2. The molecule has 0 N–H and O–H groups in total. The molecule has 5 heteroatoms. The van der Waals surface area contributed by atoms with Crippen LogP contribution in [0.2, 0.25) is 15.1 Å². The summed E-state index contributed by atoms with van der Waals surface area (Å²) in [5.41, 5.74) is 1.56. The fourth-order valence-corrected chi connectivity index (χ4v) is 2.67. The molecular formula is C11H6Cl3NS. The number of thiophene rings is 1. The predicted octanol–water partition coefficient (Wildman–Crippen LogP) is 5.46. The molecule has 0 aliphatic carbocycles. The quantitative estimate of drug-likeness (QED) is 0.651. The molecule has 0 spiro atoms. The SMILES string of the molecule is Clc1cc(Cl)c(N=Cc2ccsc2)c(Cl)c1. The van der Waals surface area contributed by atoms with Crippen LogP contribution in [0.1, 0.15) is 5.56 Å². The summed E-state index contributed by atoms with van der Waals surface area (Å²) in [6.07, 6.45) is 1.72. The Labute approximate surface area is 112 Å². The third-order valence-corrected chi connectivity index (χ3v) is 3.36. The molecule has 16 heavy (non-hydrogen) atoms. The molecule has 0 amide bonds. The second-order valence-electron chi connectivity index (χ2n) is 3.03. The van der Waals surface area contributed by atoms with E-state index < -0.39 is 0 Å². The fourth-order valence-electron chi connectivity index (χ4n) is 1.15. The highest BCUT2D eigenvalue weighted by atomic mass is 35.5. The molecule has 0 fully saturated rings. The Bertz CT molecular complexity index is 497. The van der Waals surface area contributed by atoms with Crippen LogP contribution >= 0.6 is 46.1 Å². The molecule has 1 heterocycles. The standard InChI is InChI=1S/C11H6Cl3NS/c12-8-3-9(13)11(10(14)4-8)15-5-7-1-2-16-6-7/h1-6H. The molecule has 2 rings (SSSR count). The van der Waals surface area contributed by atoms with Crippen LogP contribution in [-0.2, 0) is 0 Å². The van der Waals surface area contributed by atoms with Crippen molar-refractivity contribution in [1.29, 1.82) is 0 Å². The molecule has 0 aliphatic heterocycles. The zero-order chi connectivity index (χ0) is 11.5. The first kappa shape index (κ1) is 11.9. The minimum Gasteiger partial charge on any atom is -0.253 e. The zero-order valence-corrected chi connectivity index (χ0v) is 11.0. The Hall–Kier alpha value is -0.540. The number of benzene rings is 1. The van der Waals surface area contributed by atoms with Gasteiger partial charge in [-0.25, -0.2) is 0 Å². The summed E-state index contributed by atoms with van der Waals surface area (Å²) in [4.78, 5) is 4.25. The van der Waals surface area contributed by atoms with Crippen LogP contribution in [-0.4, -0.2) is 6.21 Å². The number of nitrogens with zero attached hydrogens (tertiary/aromatic N) is 1. The van der Waals surface area contributed by atoms with E-state index in [2.05, 4.69) is 4.99 Å². The monoisotopic (exact) mass is 289 g/mol. The zero-order valence-electron chi connectivity index (χ0n) is 7.95. The molecule has 0 atom stereocenters. The van der Waals surface area contributed by atoms with Crippen LogP contribution in [0.25, 0.3) is 0 Å². The molecule has 1 aromatic carbocycles.